The minimum Gasteiger partial charge on any atom is -0.377 e. The zero-order valence-corrected chi connectivity index (χ0v) is 8.52. The highest BCUT2D eigenvalue weighted by atomic mass is 16.5. The monoisotopic (exact) mass is 188 g/mol. The molecule has 0 spiro atoms. The van der Waals surface area contributed by atoms with Crippen LogP contribution in [0.1, 0.15) is 12.0 Å². The third kappa shape index (κ3) is 3.58. The largest absolute Gasteiger partial charge is 0.377 e. The molecule has 0 aliphatic rings. The standard InChI is InChI=1S/C13H16O/c1-3-7-13(14-2)11-10-12-8-5-4-6-9-12/h3-6,8-11,13H,1,7H2,2H3. The molecule has 0 aliphatic carbocycles. The van der Waals surface area contributed by atoms with Crippen LogP contribution in [0.25, 0.3) is 6.08 Å². The van der Waals surface area contributed by atoms with Gasteiger partial charge < -0.3 is 4.74 Å². The summed E-state index contributed by atoms with van der Waals surface area (Å²) in [5.41, 5.74) is 1.19. The quantitative estimate of drug-likeness (QED) is 0.644. The van der Waals surface area contributed by atoms with Gasteiger partial charge in [-0.1, -0.05) is 48.6 Å². The van der Waals surface area contributed by atoms with Crippen LogP contribution in [-0.4, -0.2) is 13.2 Å². The first kappa shape index (κ1) is 10.7. The van der Waals surface area contributed by atoms with Crippen molar-refractivity contribution in [2.75, 3.05) is 7.11 Å². The molecule has 14 heavy (non-hydrogen) atoms. The molecule has 0 aliphatic heterocycles. The highest BCUT2D eigenvalue weighted by Gasteiger charge is 1.97. The van der Waals surface area contributed by atoms with E-state index in [4.69, 9.17) is 4.74 Å². The Bertz CT molecular complexity index is 287. The lowest BCUT2D eigenvalue weighted by molar-refractivity contribution is 0.144. The highest BCUT2D eigenvalue weighted by Crippen LogP contribution is 2.05. The molecule has 0 bridgehead atoms. The number of ether oxygens (including phenoxy) is 1. The van der Waals surface area contributed by atoms with Gasteiger partial charge in [0.1, 0.15) is 0 Å². The second-order valence-corrected chi connectivity index (χ2v) is 3.07. The number of methoxy groups -OCH3 is 1. The van der Waals surface area contributed by atoms with Gasteiger partial charge in [-0.25, -0.2) is 0 Å². The third-order valence-electron chi connectivity index (χ3n) is 2.00. The van der Waals surface area contributed by atoms with Crippen LogP contribution < -0.4 is 0 Å². The number of hydrogen-bond acceptors (Lipinski definition) is 1. The van der Waals surface area contributed by atoms with Crippen LogP contribution >= 0.6 is 0 Å². The van der Waals surface area contributed by atoms with E-state index in [2.05, 4.69) is 30.9 Å². The average molecular weight is 188 g/mol. The molecule has 0 saturated carbocycles. The van der Waals surface area contributed by atoms with Crippen molar-refractivity contribution in [2.24, 2.45) is 0 Å². The van der Waals surface area contributed by atoms with E-state index in [-0.39, 0.29) is 6.10 Å². The van der Waals surface area contributed by atoms with Gasteiger partial charge in [0.2, 0.25) is 0 Å². The molecule has 0 N–H and O–H groups in total. The summed E-state index contributed by atoms with van der Waals surface area (Å²) >= 11 is 0. The van der Waals surface area contributed by atoms with E-state index in [0.717, 1.165) is 6.42 Å². The molecule has 1 aromatic carbocycles. The minimum absolute atomic E-state index is 0.132. The summed E-state index contributed by atoms with van der Waals surface area (Å²) in [4.78, 5) is 0. The van der Waals surface area contributed by atoms with Gasteiger partial charge >= 0.3 is 0 Å². The molecule has 0 fully saturated rings. The van der Waals surface area contributed by atoms with Crippen LogP contribution in [0.5, 0.6) is 0 Å². The van der Waals surface area contributed by atoms with Gasteiger partial charge in [0.15, 0.2) is 0 Å². The molecule has 0 amide bonds. The van der Waals surface area contributed by atoms with E-state index >= 15 is 0 Å². The van der Waals surface area contributed by atoms with Crippen molar-refractivity contribution in [1.82, 2.24) is 0 Å². The molecule has 0 aromatic heterocycles. The SMILES string of the molecule is C=CCC(C=Cc1ccccc1)OC. The maximum Gasteiger partial charge on any atom is 0.0789 e. The Balaban J connectivity index is 2.57. The molecule has 1 unspecified atom stereocenters. The fourth-order valence-corrected chi connectivity index (χ4v) is 1.20. The molecule has 1 aromatic rings. The third-order valence-corrected chi connectivity index (χ3v) is 2.00. The van der Waals surface area contributed by atoms with E-state index < -0.39 is 0 Å². The molecular formula is C13H16O. The average Bonchev–Trinajstić information content (AvgIpc) is 2.25. The van der Waals surface area contributed by atoms with Crippen molar-refractivity contribution in [3.63, 3.8) is 0 Å². The lowest BCUT2D eigenvalue weighted by Gasteiger charge is -2.06. The number of rotatable bonds is 5. The van der Waals surface area contributed by atoms with Gasteiger partial charge in [0.05, 0.1) is 6.10 Å². The molecular weight excluding hydrogens is 172 g/mol. The van der Waals surface area contributed by atoms with Gasteiger partial charge in [-0.3, -0.25) is 0 Å². The second-order valence-electron chi connectivity index (χ2n) is 3.07. The zero-order valence-electron chi connectivity index (χ0n) is 8.52. The van der Waals surface area contributed by atoms with Gasteiger partial charge in [-0.2, -0.15) is 0 Å². The summed E-state index contributed by atoms with van der Waals surface area (Å²) in [5.74, 6) is 0. The van der Waals surface area contributed by atoms with Crippen LogP contribution in [0.15, 0.2) is 49.1 Å². The van der Waals surface area contributed by atoms with Crippen molar-refractivity contribution in [2.45, 2.75) is 12.5 Å². The van der Waals surface area contributed by atoms with Crippen molar-refractivity contribution < 1.29 is 4.74 Å². The molecule has 74 valence electrons. The molecule has 0 radical (unpaired) electrons. The van der Waals surface area contributed by atoms with Crippen molar-refractivity contribution >= 4 is 6.08 Å². The minimum atomic E-state index is 0.132. The molecule has 1 atom stereocenters. The summed E-state index contributed by atoms with van der Waals surface area (Å²) in [6.07, 6.45) is 6.96. The fraction of sp³-hybridized carbons (Fsp3) is 0.231. The van der Waals surface area contributed by atoms with Gasteiger partial charge in [0, 0.05) is 7.11 Å². The summed E-state index contributed by atoms with van der Waals surface area (Å²) < 4.78 is 5.25. The Hall–Kier alpha value is -1.34. The van der Waals surface area contributed by atoms with Crippen molar-refractivity contribution in [3.05, 3.63) is 54.6 Å². The zero-order chi connectivity index (χ0) is 10.2. The first-order chi connectivity index (χ1) is 6.86. The fourth-order valence-electron chi connectivity index (χ4n) is 1.20. The Kier molecular flexibility index (Phi) is 4.73. The van der Waals surface area contributed by atoms with Crippen LogP contribution in [0.4, 0.5) is 0 Å². The topological polar surface area (TPSA) is 9.23 Å². The Morgan fingerprint density at radius 3 is 2.64 bits per heavy atom. The predicted octanol–water partition coefficient (Wildman–Crippen LogP) is 3.29. The summed E-state index contributed by atoms with van der Waals surface area (Å²) in [7, 11) is 1.71. The summed E-state index contributed by atoms with van der Waals surface area (Å²) in [6, 6.07) is 10.2. The number of hydrogen-bond donors (Lipinski definition) is 0. The molecule has 1 heteroatoms. The first-order valence-corrected chi connectivity index (χ1v) is 4.73. The molecule has 0 saturated heterocycles. The molecule has 1 nitrogen and oxygen atoms in total. The van der Waals surface area contributed by atoms with Crippen LogP contribution in [0.3, 0.4) is 0 Å². The maximum absolute atomic E-state index is 5.25. The molecule has 1 rings (SSSR count). The van der Waals surface area contributed by atoms with Gasteiger partial charge in [-0.15, -0.1) is 6.58 Å². The van der Waals surface area contributed by atoms with Gasteiger partial charge in [0.25, 0.3) is 0 Å². The van der Waals surface area contributed by atoms with Crippen LogP contribution in [-0.2, 0) is 4.74 Å². The Labute approximate surface area is 85.7 Å². The van der Waals surface area contributed by atoms with Crippen molar-refractivity contribution in [3.8, 4) is 0 Å². The maximum atomic E-state index is 5.25. The second kappa shape index (κ2) is 6.17. The van der Waals surface area contributed by atoms with E-state index in [1.54, 1.807) is 7.11 Å². The van der Waals surface area contributed by atoms with Crippen LogP contribution in [0, 0.1) is 0 Å². The van der Waals surface area contributed by atoms with E-state index in [0.29, 0.717) is 0 Å². The Morgan fingerprint density at radius 1 is 1.36 bits per heavy atom. The number of benzene rings is 1. The van der Waals surface area contributed by atoms with Gasteiger partial charge in [-0.05, 0) is 12.0 Å². The predicted molar refractivity (Wildman–Crippen MR) is 61.1 cm³/mol. The van der Waals surface area contributed by atoms with E-state index in [9.17, 15) is 0 Å². The molecule has 0 heterocycles. The lowest BCUT2D eigenvalue weighted by atomic mass is 10.1. The highest BCUT2D eigenvalue weighted by molar-refractivity contribution is 5.49. The normalized spacial score (nSPS) is 12.9. The smallest absolute Gasteiger partial charge is 0.0789 e. The van der Waals surface area contributed by atoms with E-state index in [1.165, 1.54) is 5.56 Å². The first-order valence-electron chi connectivity index (χ1n) is 4.73. The summed E-state index contributed by atoms with van der Waals surface area (Å²) in [5, 5.41) is 0. The van der Waals surface area contributed by atoms with E-state index in [1.807, 2.05) is 24.3 Å². The van der Waals surface area contributed by atoms with Crippen LogP contribution in [0.2, 0.25) is 0 Å². The lowest BCUT2D eigenvalue weighted by Crippen LogP contribution is -2.04. The summed E-state index contributed by atoms with van der Waals surface area (Å²) in [6.45, 7) is 3.69. The van der Waals surface area contributed by atoms with Crippen molar-refractivity contribution in [1.29, 1.82) is 0 Å². The Morgan fingerprint density at radius 2 is 2.07 bits per heavy atom.